The smallest absolute Gasteiger partial charge is 0.227 e. The summed E-state index contributed by atoms with van der Waals surface area (Å²) in [5, 5.41) is 6.09. The molecule has 0 aliphatic carbocycles. The molecule has 1 aliphatic rings. The van der Waals surface area contributed by atoms with Crippen molar-refractivity contribution < 1.29 is 23.5 Å². The first-order valence-electron chi connectivity index (χ1n) is 9.90. The van der Waals surface area contributed by atoms with E-state index in [9.17, 15) is 9.59 Å². The average molecular weight is 476 g/mol. The molecule has 32 heavy (non-hydrogen) atoms. The molecule has 0 saturated carbocycles. The number of halogens is 1. The van der Waals surface area contributed by atoms with Gasteiger partial charge in [-0.05, 0) is 25.1 Å². The van der Waals surface area contributed by atoms with Gasteiger partial charge in [0.2, 0.25) is 11.8 Å². The second-order valence-corrected chi connectivity index (χ2v) is 8.77. The quantitative estimate of drug-likeness (QED) is 0.554. The normalized spacial score (nSPS) is 15.8. The number of anilines is 1. The molecule has 4 rings (SSSR count). The Morgan fingerprint density at radius 2 is 2.09 bits per heavy atom. The number of rotatable bonds is 7. The summed E-state index contributed by atoms with van der Waals surface area (Å²) in [5.41, 5.74) is 1.28. The van der Waals surface area contributed by atoms with Gasteiger partial charge in [0.05, 0.1) is 42.4 Å². The van der Waals surface area contributed by atoms with Crippen LogP contribution in [0.3, 0.4) is 0 Å². The number of aromatic nitrogens is 1. The predicted molar refractivity (Wildman–Crippen MR) is 121 cm³/mol. The van der Waals surface area contributed by atoms with E-state index in [1.54, 1.807) is 29.5 Å². The number of hydrogen-bond acceptors (Lipinski definition) is 7. The molecule has 1 aromatic carbocycles. The van der Waals surface area contributed by atoms with E-state index < -0.39 is 5.92 Å². The van der Waals surface area contributed by atoms with Crippen LogP contribution in [-0.2, 0) is 16.1 Å². The zero-order valence-corrected chi connectivity index (χ0v) is 19.4. The molecule has 10 heteroatoms. The minimum Gasteiger partial charge on any atom is -0.495 e. The Balaban J connectivity index is 1.41. The molecule has 3 aromatic rings. The standard InChI is InChI=1S/C22H22ClN3O5S/c1-12-25-16(11-32-12)18-5-4-14(31-18)9-24-22(28)13-6-21(27)26(10-13)17-7-15(23)19(29-2)8-20(17)30-3/h4-5,7-8,11,13H,6,9-10H2,1-3H3,(H,24,28). The number of methoxy groups -OCH3 is 2. The van der Waals surface area contributed by atoms with Gasteiger partial charge in [-0.1, -0.05) is 11.6 Å². The molecule has 1 fully saturated rings. The van der Waals surface area contributed by atoms with Crippen molar-refractivity contribution in [1.82, 2.24) is 10.3 Å². The maximum Gasteiger partial charge on any atom is 0.227 e. The van der Waals surface area contributed by atoms with Crippen molar-refractivity contribution in [3.8, 4) is 23.0 Å². The number of thiazole rings is 1. The van der Waals surface area contributed by atoms with E-state index in [1.165, 1.54) is 19.1 Å². The van der Waals surface area contributed by atoms with E-state index in [2.05, 4.69) is 10.3 Å². The Hall–Kier alpha value is -3.04. The molecule has 0 bridgehead atoms. The lowest BCUT2D eigenvalue weighted by molar-refractivity contribution is -0.126. The van der Waals surface area contributed by atoms with Crippen LogP contribution in [0.5, 0.6) is 11.5 Å². The minimum absolute atomic E-state index is 0.0974. The van der Waals surface area contributed by atoms with Crippen LogP contribution in [0.2, 0.25) is 5.02 Å². The fourth-order valence-electron chi connectivity index (χ4n) is 3.58. The highest BCUT2D eigenvalue weighted by Crippen LogP contribution is 2.40. The van der Waals surface area contributed by atoms with Crippen LogP contribution in [0, 0.1) is 12.8 Å². The second-order valence-electron chi connectivity index (χ2n) is 7.30. The van der Waals surface area contributed by atoms with Crippen LogP contribution in [-0.4, -0.2) is 37.6 Å². The van der Waals surface area contributed by atoms with Gasteiger partial charge in [0, 0.05) is 24.4 Å². The van der Waals surface area contributed by atoms with Crippen LogP contribution in [0.4, 0.5) is 5.69 Å². The molecule has 1 saturated heterocycles. The van der Waals surface area contributed by atoms with Crippen molar-refractivity contribution >= 4 is 40.4 Å². The van der Waals surface area contributed by atoms with Crippen LogP contribution in [0.1, 0.15) is 17.2 Å². The van der Waals surface area contributed by atoms with Crippen molar-refractivity contribution in [2.75, 3.05) is 25.7 Å². The molecule has 0 radical (unpaired) electrons. The van der Waals surface area contributed by atoms with Crippen LogP contribution < -0.4 is 19.7 Å². The molecule has 3 heterocycles. The number of amides is 2. The van der Waals surface area contributed by atoms with Crippen molar-refractivity contribution in [3.05, 3.63) is 45.4 Å². The minimum atomic E-state index is -0.497. The highest BCUT2D eigenvalue weighted by molar-refractivity contribution is 7.09. The Morgan fingerprint density at radius 1 is 1.31 bits per heavy atom. The van der Waals surface area contributed by atoms with Gasteiger partial charge in [0.15, 0.2) is 5.76 Å². The number of carbonyl (C=O) groups is 2. The third kappa shape index (κ3) is 4.44. The topological polar surface area (TPSA) is 93.9 Å². The van der Waals surface area contributed by atoms with Gasteiger partial charge in [-0.15, -0.1) is 11.3 Å². The van der Waals surface area contributed by atoms with Gasteiger partial charge in [-0.25, -0.2) is 4.98 Å². The molecule has 2 amide bonds. The lowest BCUT2D eigenvalue weighted by Crippen LogP contribution is -2.32. The van der Waals surface area contributed by atoms with Gasteiger partial charge in [0.25, 0.3) is 0 Å². The molecular weight excluding hydrogens is 454 g/mol. The van der Waals surface area contributed by atoms with Gasteiger partial charge < -0.3 is 24.1 Å². The van der Waals surface area contributed by atoms with Crippen molar-refractivity contribution in [1.29, 1.82) is 0 Å². The fourth-order valence-corrected chi connectivity index (χ4v) is 4.41. The van der Waals surface area contributed by atoms with E-state index in [1.807, 2.05) is 18.4 Å². The largest absolute Gasteiger partial charge is 0.495 e. The Bertz CT molecular complexity index is 1160. The number of hydrogen-bond donors (Lipinski definition) is 1. The van der Waals surface area contributed by atoms with Crippen molar-refractivity contribution in [3.63, 3.8) is 0 Å². The lowest BCUT2D eigenvalue weighted by atomic mass is 10.1. The molecule has 1 atom stereocenters. The van der Waals surface area contributed by atoms with Crippen LogP contribution in [0.25, 0.3) is 11.5 Å². The Morgan fingerprint density at radius 3 is 2.78 bits per heavy atom. The average Bonchev–Trinajstić information content (AvgIpc) is 3.51. The first kappa shape index (κ1) is 22.2. The number of aryl methyl sites for hydroxylation is 1. The number of furan rings is 1. The first-order chi connectivity index (χ1) is 15.4. The van der Waals surface area contributed by atoms with Crippen LogP contribution in [0.15, 0.2) is 34.1 Å². The van der Waals surface area contributed by atoms with Gasteiger partial charge >= 0.3 is 0 Å². The van der Waals surface area contributed by atoms with E-state index in [4.69, 9.17) is 25.5 Å². The summed E-state index contributed by atoms with van der Waals surface area (Å²) in [6.07, 6.45) is 0.0974. The summed E-state index contributed by atoms with van der Waals surface area (Å²) in [7, 11) is 3.00. The highest BCUT2D eigenvalue weighted by Gasteiger charge is 2.36. The van der Waals surface area contributed by atoms with Gasteiger partial charge in [-0.2, -0.15) is 0 Å². The van der Waals surface area contributed by atoms with E-state index in [0.717, 1.165) is 10.7 Å². The number of benzene rings is 1. The zero-order chi connectivity index (χ0) is 22.8. The summed E-state index contributed by atoms with van der Waals surface area (Å²) in [5.74, 6) is 1.27. The number of nitrogens with zero attached hydrogens (tertiary/aromatic N) is 2. The maximum absolute atomic E-state index is 12.7. The summed E-state index contributed by atoms with van der Waals surface area (Å²) < 4.78 is 16.4. The molecule has 1 N–H and O–H groups in total. The summed E-state index contributed by atoms with van der Waals surface area (Å²) in [6, 6.07) is 6.87. The Kier molecular flexibility index (Phi) is 6.38. The van der Waals surface area contributed by atoms with Gasteiger partial charge in [0.1, 0.15) is 23.0 Å². The third-order valence-electron chi connectivity index (χ3n) is 5.21. The molecule has 8 nitrogen and oxygen atoms in total. The molecule has 1 aliphatic heterocycles. The highest BCUT2D eigenvalue weighted by atomic mass is 35.5. The van der Waals surface area contributed by atoms with E-state index >= 15 is 0 Å². The summed E-state index contributed by atoms with van der Waals surface area (Å²) in [6.45, 7) is 2.38. The molecule has 0 spiro atoms. The third-order valence-corrected chi connectivity index (χ3v) is 6.28. The SMILES string of the molecule is COc1cc(OC)c(N2CC(C(=O)NCc3ccc(-c4csc(C)n4)o3)CC2=O)cc1Cl. The number of ether oxygens (including phenoxy) is 2. The zero-order valence-electron chi connectivity index (χ0n) is 17.8. The first-order valence-corrected chi connectivity index (χ1v) is 11.2. The molecule has 1 unspecified atom stereocenters. The fraction of sp³-hybridized carbons (Fsp3) is 0.318. The number of carbonyl (C=O) groups excluding carboxylic acids is 2. The summed E-state index contributed by atoms with van der Waals surface area (Å²) >= 11 is 7.78. The molecule has 2 aromatic heterocycles. The van der Waals surface area contributed by atoms with E-state index in [-0.39, 0.29) is 31.3 Å². The monoisotopic (exact) mass is 475 g/mol. The predicted octanol–water partition coefficient (Wildman–Crippen LogP) is 4.05. The van der Waals surface area contributed by atoms with Crippen molar-refractivity contribution in [2.24, 2.45) is 5.92 Å². The van der Waals surface area contributed by atoms with Crippen LogP contribution >= 0.6 is 22.9 Å². The Labute approximate surface area is 194 Å². The lowest BCUT2D eigenvalue weighted by Gasteiger charge is -2.21. The second kappa shape index (κ2) is 9.22. The maximum atomic E-state index is 12.7. The summed E-state index contributed by atoms with van der Waals surface area (Å²) in [4.78, 5) is 31.3. The molecular formula is C22H22ClN3O5S. The van der Waals surface area contributed by atoms with Crippen molar-refractivity contribution in [2.45, 2.75) is 19.9 Å². The molecule has 168 valence electrons. The van der Waals surface area contributed by atoms with E-state index in [0.29, 0.717) is 33.7 Å². The van der Waals surface area contributed by atoms with Gasteiger partial charge in [-0.3, -0.25) is 9.59 Å². The number of nitrogens with one attached hydrogen (secondary N) is 1.